The third-order valence-electron chi connectivity index (χ3n) is 2.69. The minimum atomic E-state index is -3.37. The van der Waals surface area contributed by atoms with Crippen molar-refractivity contribution in [1.82, 2.24) is 4.31 Å². The molecular weight excluding hydrogens is 314 g/mol. The van der Waals surface area contributed by atoms with E-state index in [2.05, 4.69) is 15.9 Å². The molecule has 18 heavy (non-hydrogen) atoms. The van der Waals surface area contributed by atoms with E-state index in [1.165, 1.54) is 4.31 Å². The largest absolute Gasteiger partial charge is 0.243 e. The van der Waals surface area contributed by atoms with Crippen molar-refractivity contribution in [1.29, 1.82) is 0 Å². The Labute approximate surface area is 118 Å². The summed E-state index contributed by atoms with van der Waals surface area (Å²) in [6.45, 7) is 8.84. The van der Waals surface area contributed by atoms with Gasteiger partial charge in [-0.2, -0.15) is 4.31 Å². The van der Waals surface area contributed by atoms with Gasteiger partial charge in [0.15, 0.2) is 0 Å². The molecule has 0 spiro atoms. The molecule has 0 saturated carbocycles. The quantitative estimate of drug-likeness (QED) is 0.827. The number of rotatable bonds is 5. The zero-order chi connectivity index (χ0) is 13.9. The number of benzene rings is 1. The van der Waals surface area contributed by atoms with Gasteiger partial charge < -0.3 is 0 Å². The Balaban J connectivity index is 3.14. The van der Waals surface area contributed by atoms with Gasteiger partial charge in [-0.05, 0) is 36.6 Å². The summed E-state index contributed by atoms with van der Waals surface area (Å²) in [5.41, 5.74) is 0.927. The van der Waals surface area contributed by atoms with Crippen LogP contribution in [0.4, 0.5) is 0 Å². The Bertz CT molecular complexity index is 512. The molecule has 0 amide bonds. The number of nitrogens with zero attached hydrogens (tertiary/aromatic N) is 1. The second-order valence-corrected chi connectivity index (χ2v) is 7.55. The van der Waals surface area contributed by atoms with E-state index in [-0.39, 0.29) is 0 Å². The molecule has 102 valence electrons. The first-order chi connectivity index (χ1) is 8.28. The third-order valence-corrected chi connectivity index (χ3v) is 5.52. The Morgan fingerprint density at radius 2 is 1.94 bits per heavy atom. The molecule has 1 rings (SSSR count). The molecule has 0 aliphatic heterocycles. The van der Waals surface area contributed by atoms with Crippen molar-refractivity contribution in [2.24, 2.45) is 5.92 Å². The molecule has 0 bridgehead atoms. The minimum absolute atomic E-state index is 0.316. The number of sulfonamides is 1. The Hall–Kier alpha value is -0.390. The maximum atomic E-state index is 12.5. The summed E-state index contributed by atoms with van der Waals surface area (Å²) in [6.07, 6.45) is 0. The summed E-state index contributed by atoms with van der Waals surface area (Å²) in [5.74, 6) is 0.316. The Morgan fingerprint density at radius 3 is 2.39 bits per heavy atom. The van der Waals surface area contributed by atoms with E-state index in [9.17, 15) is 8.42 Å². The first-order valence-electron chi connectivity index (χ1n) is 6.05. The van der Waals surface area contributed by atoms with Gasteiger partial charge in [-0.25, -0.2) is 8.42 Å². The van der Waals surface area contributed by atoms with Crippen molar-refractivity contribution in [3.05, 3.63) is 28.2 Å². The fraction of sp³-hybridized carbons (Fsp3) is 0.538. The van der Waals surface area contributed by atoms with Crippen LogP contribution < -0.4 is 0 Å². The average molecular weight is 334 g/mol. The molecule has 5 heteroatoms. The van der Waals surface area contributed by atoms with E-state index in [4.69, 9.17) is 0 Å². The number of halogens is 1. The van der Waals surface area contributed by atoms with Gasteiger partial charge in [-0.15, -0.1) is 0 Å². The van der Waals surface area contributed by atoms with E-state index < -0.39 is 10.0 Å². The molecule has 1 aromatic rings. The van der Waals surface area contributed by atoms with Gasteiger partial charge in [0.2, 0.25) is 10.0 Å². The van der Waals surface area contributed by atoms with Crippen molar-refractivity contribution >= 4 is 26.0 Å². The van der Waals surface area contributed by atoms with Gasteiger partial charge in [-0.3, -0.25) is 0 Å². The molecule has 0 fully saturated rings. The summed E-state index contributed by atoms with van der Waals surface area (Å²) in [5, 5.41) is 0. The van der Waals surface area contributed by atoms with E-state index in [1.54, 1.807) is 18.2 Å². The van der Waals surface area contributed by atoms with Crippen LogP contribution in [0.15, 0.2) is 27.6 Å². The lowest BCUT2D eigenvalue weighted by molar-refractivity contribution is 0.381. The second-order valence-electron chi connectivity index (χ2n) is 4.76. The molecule has 0 atom stereocenters. The zero-order valence-corrected chi connectivity index (χ0v) is 13.7. The predicted molar refractivity (Wildman–Crippen MR) is 78.1 cm³/mol. The lowest BCUT2D eigenvalue weighted by Gasteiger charge is -2.22. The summed E-state index contributed by atoms with van der Waals surface area (Å²) >= 11 is 3.38. The van der Waals surface area contributed by atoms with Gasteiger partial charge >= 0.3 is 0 Å². The first kappa shape index (κ1) is 15.7. The van der Waals surface area contributed by atoms with Gasteiger partial charge in [0, 0.05) is 17.6 Å². The van der Waals surface area contributed by atoms with Crippen molar-refractivity contribution in [3.63, 3.8) is 0 Å². The highest BCUT2D eigenvalue weighted by Crippen LogP contribution is 2.23. The van der Waals surface area contributed by atoms with Gasteiger partial charge in [0.1, 0.15) is 0 Å². The van der Waals surface area contributed by atoms with E-state index in [0.717, 1.165) is 10.0 Å². The van der Waals surface area contributed by atoms with Gasteiger partial charge in [-0.1, -0.05) is 36.7 Å². The lowest BCUT2D eigenvalue weighted by atomic mass is 10.2. The third kappa shape index (κ3) is 3.56. The molecule has 0 heterocycles. The molecule has 0 unspecified atom stereocenters. The van der Waals surface area contributed by atoms with Crippen LogP contribution >= 0.6 is 15.9 Å². The van der Waals surface area contributed by atoms with E-state index in [1.807, 2.05) is 27.7 Å². The summed E-state index contributed by atoms with van der Waals surface area (Å²) in [6, 6.07) is 5.14. The van der Waals surface area contributed by atoms with E-state index in [0.29, 0.717) is 23.9 Å². The fourth-order valence-electron chi connectivity index (χ4n) is 1.73. The topological polar surface area (TPSA) is 37.4 Å². The highest BCUT2D eigenvalue weighted by molar-refractivity contribution is 9.10. The first-order valence-corrected chi connectivity index (χ1v) is 8.28. The number of hydrogen-bond acceptors (Lipinski definition) is 2. The Kier molecular flexibility index (Phi) is 5.37. The molecular formula is C13H20BrNO2S. The predicted octanol–water partition coefficient (Wildman–Crippen LogP) is 3.42. The van der Waals surface area contributed by atoms with Crippen LogP contribution in [0.25, 0.3) is 0 Å². The van der Waals surface area contributed by atoms with Crippen molar-refractivity contribution in [3.8, 4) is 0 Å². The maximum absolute atomic E-state index is 12.5. The maximum Gasteiger partial charge on any atom is 0.243 e. The second kappa shape index (κ2) is 6.17. The molecule has 1 aromatic carbocycles. The molecule has 3 nitrogen and oxygen atoms in total. The normalized spacial score (nSPS) is 12.4. The van der Waals surface area contributed by atoms with Crippen LogP contribution in [0.1, 0.15) is 26.3 Å². The average Bonchev–Trinajstić information content (AvgIpc) is 2.28. The number of hydrogen-bond donors (Lipinski definition) is 0. The van der Waals surface area contributed by atoms with Gasteiger partial charge in [0.25, 0.3) is 0 Å². The summed E-state index contributed by atoms with van der Waals surface area (Å²) in [4.78, 5) is 0.366. The molecule has 0 aromatic heterocycles. The minimum Gasteiger partial charge on any atom is -0.207 e. The van der Waals surface area contributed by atoms with Crippen LogP contribution in [-0.2, 0) is 10.0 Å². The van der Waals surface area contributed by atoms with Crippen molar-refractivity contribution in [2.45, 2.75) is 32.6 Å². The number of aryl methyl sites for hydroxylation is 1. The summed E-state index contributed by atoms with van der Waals surface area (Å²) < 4.78 is 27.4. The molecule has 0 aliphatic carbocycles. The van der Waals surface area contributed by atoms with Gasteiger partial charge in [0.05, 0.1) is 4.90 Å². The SMILES string of the molecule is CCN(CC(C)C)S(=O)(=O)c1ccc(Br)c(C)c1. The van der Waals surface area contributed by atoms with Crippen molar-refractivity contribution < 1.29 is 8.42 Å². The highest BCUT2D eigenvalue weighted by Gasteiger charge is 2.23. The summed E-state index contributed by atoms with van der Waals surface area (Å²) in [7, 11) is -3.37. The molecule has 0 aliphatic rings. The molecule has 0 saturated heterocycles. The van der Waals surface area contributed by atoms with Crippen LogP contribution in [0, 0.1) is 12.8 Å². The van der Waals surface area contributed by atoms with Crippen LogP contribution in [-0.4, -0.2) is 25.8 Å². The molecule has 0 radical (unpaired) electrons. The standard InChI is InChI=1S/C13H20BrNO2S/c1-5-15(9-10(2)3)18(16,17)12-6-7-13(14)11(4)8-12/h6-8,10H,5,9H2,1-4H3. The monoisotopic (exact) mass is 333 g/mol. The highest BCUT2D eigenvalue weighted by atomic mass is 79.9. The molecule has 0 N–H and O–H groups in total. The van der Waals surface area contributed by atoms with Crippen LogP contribution in [0.3, 0.4) is 0 Å². The van der Waals surface area contributed by atoms with Crippen LogP contribution in [0.2, 0.25) is 0 Å². The van der Waals surface area contributed by atoms with Crippen LogP contribution in [0.5, 0.6) is 0 Å². The smallest absolute Gasteiger partial charge is 0.207 e. The lowest BCUT2D eigenvalue weighted by Crippen LogP contribution is -2.34. The zero-order valence-electron chi connectivity index (χ0n) is 11.3. The van der Waals surface area contributed by atoms with Crippen molar-refractivity contribution in [2.75, 3.05) is 13.1 Å². The Morgan fingerprint density at radius 1 is 1.33 bits per heavy atom. The van der Waals surface area contributed by atoms with E-state index >= 15 is 0 Å². The fourth-order valence-corrected chi connectivity index (χ4v) is 3.68.